The van der Waals surface area contributed by atoms with E-state index in [2.05, 4.69) is 32.7 Å². The fourth-order valence-electron chi connectivity index (χ4n) is 4.22. The van der Waals surface area contributed by atoms with Crippen molar-refractivity contribution in [1.82, 2.24) is 14.9 Å². The molecular formula is C27H31N5O2. The molecule has 1 atom stereocenters. The van der Waals surface area contributed by atoms with Crippen molar-refractivity contribution in [2.45, 2.75) is 33.1 Å². The number of hydrogen-bond acceptors (Lipinski definition) is 5. The second-order valence-corrected chi connectivity index (χ2v) is 8.79. The summed E-state index contributed by atoms with van der Waals surface area (Å²) < 4.78 is 0. The van der Waals surface area contributed by atoms with Gasteiger partial charge in [0.2, 0.25) is 11.8 Å². The molecule has 34 heavy (non-hydrogen) atoms. The summed E-state index contributed by atoms with van der Waals surface area (Å²) in [4.78, 5) is 35.8. The van der Waals surface area contributed by atoms with Gasteiger partial charge in [0.25, 0.3) is 0 Å². The number of carbonyl (C=O) groups is 2. The van der Waals surface area contributed by atoms with E-state index in [9.17, 15) is 9.59 Å². The van der Waals surface area contributed by atoms with Gasteiger partial charge in [0.1, 0.15) is 5.82 Å². The molecule has 1 aromatic heterocycles. The van der Waals surface area contributed by atoms with Crippen molar-refractivity contribution in [3.8, 4) is 0 Å². The maximum absolute atomic E-state index is 12.7. The summed E-state index contributed by atoms with van der Waals surface area (Å²) in [5.41, 5.74) is 4.84. The fourth-order valence-corrected chi connectivity index (χ4v) is 4.22. The Morgan fingerprint density at radius 3 is 2.35 bits per heavy atom. The van der Waals surface area contributed by atoms with Crippen LogP contribution in [0.2, 0.25) is 0 Å². The quantitative estimate of drug-likeness (QED) is 0.511. The van der Waals surface area contributed by atoms with Crippen LogP contribution in [0, 0.1) is 19.8 Å². The normalized spacial score (nSPS) is 15.4. The summed E-state index contributed by atoms with van der Waals surface area (Å²) in [6.07, 6.45) is 1.79. The highest BCUT2D eigenvalue weighted by atomic mass is 16.2. The van der Waals surface area contributed by atoms with Gasteiger partial charge >= 0.3 is 0 Å². The van der Waals surface area contributed by atoms with Crippen LogP contribution in [-0.4, -0.2) is 46.3 Å². The van der Waals surface area contributed by atoms with Gasteiger partial charge in [-0.05, 0) is 56.2 Å². The van der Waals surface area contributed by atoms with Gasteiger partial charge in [0.05, 0.1) is 5.92 Å². The lowest BCUT2D eigenvalue weighted by Crippen LogP contribution is -2.30. The number of rotatable bonds is 9. The lowest BCUT2D eigenvalue weighted by Gasteiger charge is -2.16. The van der Waals surface area contributed by atoms with Crippen LogP contribution in [-0.2, 0) is 22.4 Å². The molecule has 176 valence electrons. The van der Waals surface area contributed by atoms with E-state index in [1.165, 1.54) is 5.56 Å². The van der Waals surface area contributed by atoms with Gasteiger partial charge in [-0.1, -0.05) is 30.3 Å². The van der Waals surface area contributed by atoms with Gasteiger partial charge < -0.3 is 15.5 Å². The molecule has 0 spiro atoms. The number of carbonyl (C=O) groups excluding carboxylic acids is 2. The number of anilines is 2. The van der Waals surface area contributed by atoms with Crippen LogP contribution < -0.4 is 10.6 Å². The maximum atomic E-state index is 12.7. The van der Waals surface area contributed by atoms with Gasteiger partial charge in [0.15, 0.2) is 0 Å². The Morgan fingerprint density at radius 2 is 1.65 bits per heavy atom. The van der Waals surface area contributed by atoms with Crippen molar-refractivity contribution in [1.29, 1.82) is 0 Å². The molecule has 3 aromatic rings. The third-order valence-electron chi connectivity index (χ3n) is 5.96. The molecule has 0 aliphatic carbocycles. The molecule has 7 heteroatoms. The minimum atomic E-state index is -0.320. The fraction of sp³-hybridized carbons (Fsp3) is 0.333. The van der Waals surface area contributed by atoms with Crippen molar-refractivity contribution >= 4 is 23.2 Å². The minimum absolute atomic E-state index is 0.0448. The molecule has 1 unspecified atom stereocenters. The monoisotopic (exact) mass is 457 g/mol. The van der Waals surface area contributed by atoms with Gasteiger partial charge in [-0.2, -0.15) is 0 Å². The molecule has 2 N–H and O–H groups in total. The number of amides is 2. The van der Waals surface area contributed by atoms with E-state index in [1.54, 1.807) is 4.90 Å². The van der Waals surface area contributed by atoms with E-state index in [1.807, 2.05) is 62.4 Å². The molecular weight excluding hydrogens is 426 g/mol. The highest BCUT2D eigenvalue weighted by Crippen LogP contribution is 2.21. The second kappa shape index (κ2) is 10.9. The summed E-state index contributed by atoms with van der Waals surface area (Å²) in [5.74, 6) is 0.448. The Bertz CT molecular complexity index is 1110. The third kappa shape index (κ3) is 6.41. The van der Waals surface area contributed by atoms with E-state index in [-0.39, 0.29) is 24.2 Å². The van der Waals surface area contributed by atoms with E-state index < -0.39 is 0 Å². The first kappa shape index (κ1) is 23.4. The van der Waals surface area contributed by atoms with Crippen LogP contribution in [0.3, 0.4) is 0 Å². The molecule has 1 aliphatic heterocycles. The Kier molecular flexibility index (Phi) is 7.52. The predicted octanol–water partition coefficient (Wildman–Crippen LogP) is 3.78. The van der Waals surface area contributed by atoms with Crippen LogP contribution in [0.25, 0.3) is 0 Å². The lowest BCUT2D eigenvalue weighted by atomic mass is 10.1. The number of aryl methyl sites for hydroxylation is 2. The highest BCUT2D eigenvalue weighted by Gasteiger charge is 2.34. The Labute approximate surface area is 200 Å². The van der Waals surface area contributed by atoms with Crippen LogP contribution in [0.5, 0.6) is 0 Å². The number of hydrogen-bond donors (Lipinski definition) is 2. The van der Waals surface area contributed by atoms with Crippen LogP contribution in [0.1, 0.15) is 29.2 Å². The average Bonchev–Trinajstić information content (AvgIpc) is 3.19. The van der Waals surface area contributed by atoms with Gasteiger partial charge in [-0.15, -0.1) is 0 Å². The van der Waals surface area contributed by atoms with Crippen LogP contribution in [0.15, 0.2) is 60.7 Å². The van der Waals surface area contributed by atoms with Gasteiger partial charge in [0, 0.05) is 55.2 Å². The molecule has 1 fully saturated rings. The summed E-state index contributed by atoms with van der Waals surface area (Å²) in [5, 5.41) is 6.32. The van der Waals surface area contributed by atoms with Crippen LogP contribution in [0.4, 0.5) is 11.4 Å². The predicted molar refractivity (Wildman–Crippen MR) is 134 cm³/mol. The molecule has 0 radical (unpaired) electrons. The molecule has 2 heterocycles. The Balaban J connectivity index is 1.23. The molecule has 1 saturated heterocycles. The zero-order chi connectivity index (χ0) is 23.9. The number of nitrogens with one attached hydrogen (secondary N) is 2. The maximum Gasteiger partial charge on any atom is 0.229 e. The van der Waals surface area contributed by atoms with Gasteiger partial charge in [-0.25, -0.2) is 9.97 Å². The molecule has 0 saturated carbocycles. The largest absolute Gasteiger partial charge is 0.385 e. The van der Waals surface area contributed by atoms with E-state index in [0.717, 1.165) is 48.0 Å². The molecule has 0 bridgehead atoms. The first-order valence-corrected chi connectivity index (χ1v) is 11.7. The van der Waals surface area contributed by atoms with Crippen molar-refractivity contribution in [2.24, 2.45) is 5.92 Å². The first-order valence-electron chi connectivity index (χ1n) is 11.7. The van der Waals surface area contributed by atoms with Crippen LogP contribution >= 0.6 is 0 Å². The zero-order valence-electron chi connectivity index (χ0n) is 19.8. The second-order valence-electron chi connectivity index (χ2n) is 8.79. The molecule has 4 rings (SSSR count). The summed E-state index contributed by atoms with van der Waals surface area (Å²) in [6, 6.07) is 19.7. The van der Waals surface area contributed by atoms with Crippen molar-refractivity contribution in [3.63, 3.8) is 0 Å². The third-order valence-corrected chi connectivity index (χ3v) is 5.96. The topological polar surface area (TPSA) is 87.2 Å². The number of benzene rings is 2. The van der Waals surface area contributed by atoms with E-state index in [0.29, 0.717) is 13.1 Å². The summed E-state index contributed by atoms with van der Waals surface area (Å²) >= 11 is 0. The number of likely N-dealkylation sites (tertiary alicyclic amines) is 1. The SMILES string of the molecule is Cc1cc(C)nc(CCNc2ccc(NC(=O)C3CC(=O)N(CCc4ccccc4)C3)cc2)n1. The highest BCUT2D eigenvalue weighted by molar-refractivity contribution is 5.97. The number of aromatic nitrogens is 2. The molecule has 2 amide bonds. The van der Waals surface area contributed by atoms with Crippen molar-refractivity contribution in [2.75, 3.05) is 30.3 Å². The van der Waals surface area contributed by atoms with E-state index in [4.69, 9.17) is 0 Å². The number of nitrogens with zero attached hydrogens (tertiary/aromatic N) is 3. The molecule has 1 aliphatic rings. The van der Waals surface area contributed by atoms with Crippen molar-refractivity contribution in [3.05, 3.63) is 83.4 Å². The van der Waals surface area contributed by atoms with Crippen molar-refractivity contribution < 1.29 is 9.59 Å². The smallest absolute Gasteiger partial charge is 0.229 e. The molecule has 7 nitrogen and oxygen atoms in total. The lowest BCUT2D eigenvalue weighted by molar-refractivity contribution is -0.128. The average molecular weight is 458 g/mol. The zero-order valence-corrected chi connectivity index (χ0v) is 19.8. The summed E-state index contributed by atoms with van der Waals surface area (Å²) in [6.45, 7) is 5.78. The summed E-state index contributed by atoms with van der Waals surface area (Å²) in [7, 11) is 0. The Hall–Kier alpha value is -3.74. The standard InChI is InChI=1S/C27H31N5O2/c1-19-16-20(2)30-25(29-19)12-14-28-23-8-10-24(11-9-23)31-27(34)22-17-26(33)32(18-22)15-13-21-6-4-3-5-7-21/h3-11,16,22,28H,12-15,17-18H2,1-2H3,(H,31,34). The van der Waals surface area contributed by atoms with Gasteiger partial charge in [-0.3, -0.25) is 9.59 Å². The molecule has 2 aromatic carbocycles. The van der Waals surface area contributed by atoms with E-state index >= 15 is 0 Å². The minimum Gasteiger partial charge on any atom is -0.385 e. The first-order chi connectivity index (χ1) is 16.5. The Morgan fingerprint density at radius 1 is 0.971 bits per heavy atom.